The highest BCUT2D eigenvalue weighted by molar-refractivity contribution is 5.76. The van der Waals surface area contributed by atoms with Gasteiger partial charge in [-0.15, -0.1) is 0 Å². The second-order valence-electron chi connectivity index (χ2n) is 21.4. The highest BCUT2D eigenvalue weighted by Crippen LogP contribution is 2.18. The Bertz CT molecular complexity index is 959. The maximum absolute atomic E-state index is 12.4. The van der Waals surface area contributed by atoms with Crippen LogP contribution in [0.15, 0.2) is 0 Å². The first-order valence-electron chi connectivity index (χ1n) is 30.8. The molecule has 0 heterocycles. The van der Waals surface area contributed by atoms with Crippen molar-refractivity contribution in [2.75, 3.05) is 13.2 Å². The molecule has 400 valence electrons. The molecule has 2 unspecified atom stereocenters. The van der Waals surface area contributed by atoms with Gasteiger partial charge in [-0.1, -0.05) is 316 Å². The summed E-state index contributed by atoms with van der Waals surface area (Å²) in [4.78, 5) is 24.5. The predicted octanol–water partition coefficient (Wildman–Crippen LogP) is 19.1. The maximum Gasteiger partial charge on any atom is 0.305 e. The van der Waals surface area contributed by atoms with Crippen molar-refractivity contribution >= 4 is 11.9 Å². The van der Waals surface area contributed by atoms with Crippen molar-refractivity contribution in [3.05, 3.63) is 0 Å². The summed E-state index contributed by atoms with van der Waals surface area (Å²) in [5.74, 6) is -0.0121. The number of amides is 1. The van der Waals surface area contributed by atoms with Crippen molar-refractivity contribution in [3.8, 4) is 0 Å². The molecule has 6 heteroatoms. The Kier molecular flexibility index (Phi) is 56.5. The number of nitrogens with one attached hydrogen (secondary N) is 1. The number of carbonyl (C=O) groups excluding carboxylic acids is 2. The number of rotatable bonds is 58. The summed E-state index contributed by atoms with van der Waals surface area (Å²) in [6.07, 6.45) is 67.0. The molecule has 0 bridgehead atoms. The Morgan fingerprint density at radius 2 is 0.612 bits per heavy atom. The third-order valence-electron chi connectivity index (χ3n) is 14.7. The Morgan fingerprint density at radius 1 is 0.358 bits per heavy atom. The lowest BCUT2D eigenvalue weighted by atomic mass is 10.0. The third kappa shape index (κ3) is 54.0. The molecular weight excluding hydrogens is 827 g/mol. The Hall–Kier alpha value is -1.14. The van der Waals surface area contributed by atoms with Gasteiger partial charge < -0.3 is 20.3 Å². The first-order valence-corrected chi connectivity index (χ1v) is 30.8. The molecule has 0 aliphatic carbocycles. The molecule has 0 aromatic carbocycles. The van der Waals surface area contributed by atoms with Gasteiger partial charge in [0.05, 0.1) is 25.4 Å². The van der Waals surface area contributed by atoms with Gasteiger partial charge in [0, 0.05) is 12.8 Å². The van der Waals surface area contributed by atoms with Crippen LogP contribution >= 0.6 is 0 Å². The van der Waals surface area contributed by atoms with Crippen LogP contribution in [-0.4, -0.2) is 47.4 Å². The smallest absolute Gasteiger partial charge is 0.305 e. The van der Waals surface area contributed by atoms with Crippen LogP contribution in [0.25, 0.3) is 0 Å². The number of hydrogen-bond acceptors (Lipinski definition) is 5. The average Bonchev–Trinajstić information content (AvgIpc) is 3.33. The van der Waals surface area contributed by atoms with Gasteiger partial charge in [-0.05, 0) is 25.7 Å². The summed E-state index contributed by atoms with van der Waals surface area (Å²) in [7, 11) is 0. The van der Waals surface area contributed by atoms with Crippen molar-refractivity contribution in [2.24, 2.45) is 0 Å². The summed E-state index contributed by atoms with van der Waals surface area (Å²) >= 11 is 0. The second-order valence-corrected chi connectivity index (χ2v) is 21.4. The molecule has 67 heavy (non-hydrogen) atoms. The molecule has 0 radical (unpaired) electrons. The van der Waals surface area contributed by atoms with Crippen molar-refractivity contribution < 1.29 is 24.5 Å². The van der Waals surface area contributed by atoms with Gasteiger partial charge in [0.15, 0.2) is 0 Å². The number of aliphatic hydroxyl groups excluding tert-OH is 2. The van der Waals surface area contributed by atoms with E-state index in [1.54, 1.807) is 0 Å². The lowest BCUT2D eigenvalue weighted by Gasteiger charge is -2.22. The van der Waals surface area contributed by atoms with Crippen LogP contribution in [-0.2, 0) is 14.3 Å². The highest BCUT2D eigenvalue weighted by atomic mass is 16.5. The zero-order valence-electron chi connectivity index (χ0n) is 45.7. The Balaban J connectivity index is 3.31. The lowest BCUT2D eigenvalue weighted by molar-refractivity contribution is -0.143. The SMILES string of the molecule is CCCCCCCCCCCCCCCCC(=O)OCCCCCCCCCCCCCCCCCCCCCCCCCCCCC(=O)NC(CO)C(O)CCCCCCCCCCCC. The maximum atomic E-state index is 12.4. The van der Waals surface area contributed by atoms with E-state index in [0.29, 0.717) is 25.9 Å². The minimum Gasteiger partial charge on any atom is -0.466 e. The van der Waals surface area contributed by atoms with Crippen molar-refractivity contribution in [3.63, 3.8) is 0 Å². The Labute approximate surface area is 419 Å². The van der Waals surface area contributed by atoms with Crippen LogP contribution in [0.1, 0.15) is 354 Å². The van der Waals surface area contributed by atoms with E-state index in [0.717, 1.165) is 38.5 Å². The topological polar surface area (TPSA) is 95.9 Å². The van der Waals surface area contributed by atoms with E-state index in [2.05, 4.69) is 19.2 Å². The van der Waals surface area contributed by atoms with Gasteiger partial charge in [0.25, 0.3) is 0 Å². The highest BCUT2D eigenvalue weighted by Gasteiger charge is 2.20. The van der Waals surface area contributed by atoms with Crippen molar-refractivity contribution in [1.29, 1.82) is 0 Å². The normalized spacial score (nSPS) is 12.5. The number of aliphatic hydroxyl groups is 2. The van der Waals surface area contributed by atoms with Crippen LogP contribution < -0.4 is 5.32 Å². The van der Waals surface area contributed by atoms with Crippen molar-refractivity contribution in [1.82, 2.24) is 5.32 Å². The monoisotopic (exact) mass is 948 g/mol. The van der Waals surface area contributed by atoms with Gasteiger partial charge in [-0.25, -0.2) is 0 Å². The van der Waals surface area contributed by atoms with Crippen LogP contribution in [0.2, 0.25) is 0 Å². The van der Waals surface area contributed by atoms with E-state index < -0.39 is 12.1 Å². The van der Waals surface area contributed by atoms with E-state index in [1.807, 2.05) is 0 Å². The fourth-order valence-electron chi connectivity index (χ4n) is 9.94. The summed E-state index contributed by atoms with van der Waals surface area (Å²) in [5.41, 5.74) is 0. The van der Waals surface area contributed by atoms with E-state index in [4.69, 9.17) is 4.74 Å². The van der Waals surface area contributed by atoms with Gasteiger partial charge >= 0.3 is 5.97 Å². The molecule has 0 saturated heterocycles. The lowest BCUT2D eigenvalue weighted by Crippen LogP contribution is -2.45. The third-order valence-corrected chi connectivity index (χ3v) is 14.7. The summed E-state index contributed by atoms with van der Waals surface area (Å²) in [5, 5.41) is 23.2. The molecule has 6 nitrogen and oxygen atoms in total. The fourth-order valence-corrected chi connectivity index (χ4v) is 9.94. The molecule has 0 aliphatic rings. The second kappa shape index (κ2) is 57.4. The molecule has 0 aliphatic heterocycles. The fraction of sp³-hybridized carbons (Fsp3) is 0.967. The van der Waals surface area contributed by atoms with Crippen LogP contribution in [0.5, 0.6) is 0 Å². The standard InChI is InChI=1S/C61H121NO5/c1-3-5-7-9-11-13-15-16-32-35-39-43-47-51-55-61(66)67-56-52-48-44-40-36-33-30-28-26-24-22-20-18-17-19-21-23-25-27-29-31-34-38-42-46-50-54-60(65)62-58(57-63)59(64)53-49-45-41-37-14-12-10-8-6-4-2/h58-59,63-64H,3-57H2,1-2H3,(H,62,65). The minimum atomic E-state index is -0.659. The summed E-state index contributed by atoms with van der Waals surface area (Å²) in [6.45, 7) is 4.97. The minimum absolute atomic E-state index is 0.0202. The van der Waals surface area contributed by atoms with Crippen LogP contribution in [0, 0.1) is 0 Å². The van der Waals surface area contributed by atoms with Crippen LogP contribution in [0.3, 0.4) is 0 Å². The molecule has 0 aromatic heterocycles. The number of ether oxygens (including phenoxy) is 1. The van der Waals surface area contributed by atoms with Gasteiger partial charge in [0.2, 0.25) is 5.91 Å². The van der Waals surface area contributed by atoms with Gasteiger partial charge in [-0.2, -0.15) is 0 Å². The van der Waals surface area contributed by atoms with E-state index >= 15 is 0 Å². The van der Waals surface area contributed by atoms with Gasteiger partial charge in [-0.3, -0.25) is 9.59 Å². The number of esters is 1. The zero-order valence-corrected chi connectivity index (χ0v) is 45.7. The molecule has 0 saturated carbocycles. The number of hydrogen-bond donors (Lipinski definition) is 3. The van der Waals surface area contributed by atoms with E-state index in [9.17, 15) is 19.8 Å². The number of unbranched alkanes of at least 4 members (excludes halogenated alkanes) is 47. The van der Waals surface area contributed by atoms with Gasteiger partial charge in [0.1, 0.15) is 0 Å². The molecule has 0 spiro atoms. The molecule has 2 atom stereocenters. The van der Waals surface area contributed by atoms with Crippen molar-refractivity contribution in [2.45, 2.75) is 366 Å². The largest absolute Gasteiger partial charge is 0.466 e. The molecule has 0 aromatic rings. The van der Waals surface area contributed by atoms with E-state index in [1.165, 1.54) is 283 Å². The average molecular weight is 949 g/mol. The predicted molar refractivity (Wildman–Crippen MR) is 292 cm³/mol. The van der Waals surface area contributed by atoms with E-state index in [-0.39, 0.29) is 18.5 Å². The molecule has 0 rings (SSSR count). The quantitative estimate of drug-likeness (QED) is 0.0417. The number of carbonyl (C=O) groups is 2. The molecule has 3 N–H and O–H groups in total. The van der Waals surface area contributed by atoms with Crippen LogP contribution in [0.4, 0.5) is 0 Å². The molecule has 0 fully saturated rings. The first-order chi connectivity index (χ1) is 33.0. The Morgan fingerprint density at radius 3 is 0.910 bits per heavy atom. The molecular formula is C61H121NO5. The summed E-state index contributed by atoms with van der Waals surface area (Å²) < 4.78 is 5.49. The molecule has 1 amide bonds. The first kappa shape index (κ1) is 65.9. The summed E-state index contributed by atoms with van der Waals surface area (Å²) in [6, 6.07) is -0.536. The zero-order chi connectivity index (χ0) is 48.6.